The highest BCUT2D eigenvalue weighted by molar-refractivity contribution is 5.74. The maximum absolute atomic E-state index is 9.75. The summed E-state index contributed by atoms with van der Waals surface area (Å²) in [5, 5.41) is 13.8. The first-order valence-corrected chi connectivity index (χ1v) is 11.2. The number of ether oxygens (including phenoxy) is 1. The molecule has 0 saturated heterocycles. The third-order valence-corrected chi connectivity index (χ3v) is 5.89. The predicted octanol–water partition coefficient (Wildman–Crippen LogP) is 5.62. The van der Waals surface area contributed by atoms with Gasteiger partial charge in [-0.25, -0.2) is 4.98 Å². The SMILES string of the molecule is Cc1ccccc1-c1cc(C(OCc2noc(-c3ccccc3)n2)c2cncn2C)ccc1C#N. The van der Waals surface area contributed by atoms with Crippen molar-refractivity contribution >= 4 is 0 Å². The molecule has 0 amide bonds. The molecule has 0 saturated carbocycles. The number of hydrogen-bond acceptors (Lipinski definition) is 6. The van der Waals surface area contributed by atoms with E-state index in [0.717, 1.165) is 33.5 Å². The highest BCUT2D eigenvalue weighted by Gasteiger charge is 2.22. The van der Waals surface area contributed by atoms with Gasteiger partial charge in [-0.3, -0.25) is 0 Å². The highest BCUT2D eigenvalue weighted by Crippen LogP contribution is 2.33. The summed E-state index contributed by atoms with van der Waals surface area (Å²) in [4.78, 5) is 8.76. The van der Waals surface area contributed by atoms with Gasteiger partial charge in [-0.1, -0.05) is 53.7 Å². The van der Waals surface area contributed by atoms with E-state index in [1.807, 2.05) is 91.3 Å². The molecule has 0 spiro atoms. The van der Waals surface area contributed by atoms with Crippen LogP contribution in [-0.4, -0.2) is 19.7 Å². The smallest absolute Gasteiger partial charge is 0.258 e. The summed E-state index contributed by atoms with van der Waals surface area (Å²) in [5.74, 6) is 0.894. The second-order valence-corrected chi connectivity index (χ2v) is 8.23. The summed E-state index contributed by atoms with van der Waals surface area (Å²) in [6.45, 7) is 2.19. The van der Waals surface area contributed by atoms with E-state index in [4.69, 9.17) is 9.26 Å². The molecule has 0 aliphatic heterocycles. The van der Waals surface area contributed by atoms with Gasteiger partial charge in [0.2, 0.25) is 0 Å². The topological polar surface area (TPSA) is 89.8 Å². The molecule has 3 aromatic carbocycles. The van der Waals surface area contributed by atoms with Crippen LogP contribution in [0.2, 0.25) is 0 Å². The van der Waals surface area contributed by atoms with Crippen LogP contribution in [0.5, 0.6) is 0 Å². The monoisotopic (exact) mass is 461 g/mol. The van der Waals surface area contributed by atoms with Crippen molar-refractivity contribution in [1.29, 1.82) is 5.26 Å². The number of aryl methyl sites for hydroxylation is 2. The largest absolute Gasteiger partial charge is 0.359 e. The van der Waals surface area contributed by atoms with E-state index in [0.29, 0.717) is 17.3 Å². The molecule has 5 aromatic rings. The van der Waals surface area contributed by atoms with Gasteiger partial charge in [0, 0.05) is 18.2 Å². The van der Waals surface area contributed by atoms with Crippen molar-refractivity contribution in [3.05, 3.63) is 114 Å². The normalized spacial score (nSPS) is 11.8. The van der Waals surface area contributed by atoms with Crippen LogP contribution in [0, 0.1) is 18.3 Å². The van der Waals surface area contributed by atoms with Crippen LogP contribution in [0.15, 0.2) is 89.8 Å². The Morgan fingerprint density at radius 1 is 1.03 bits per heavy atom. The highest BCUT2D eigenvalue weighted by atomic mass is 16.5. The molecular formula is C28H23N5O2. The maximum Gasteiger partial charge on any atom is 0.258 e. The first kappa shape index (κ1) is 22.3. The minimum absolute atomic E-state index is 0.145. The lowest BCUT2D eigenvalue weighted by Gasteiger charge is -2.20. The quantitative estimate of drug-likeness (QED) is 0.312. The van der Waals surface area contributed by atoms with Crippen LogP contribution in [0.4, 0.5) is 0 Å². The number of imidazole rings is 1. The van der Waals surface area contributed by atoms with Crippen molar-refractivity contribution in [2.24, 2.45) is 7.05 Å². The number of rotatable bonds is 7. The first-order chi connectivity index (χ1) is 17.1. The Morgan fingerprint density at radius 3 is 2.57 bits per heavy atom. The van der Waals surface area contributed by atoms with Crippen molar-refractivity contribution in [2.75, 3.05) is 0 Å². The van der Waals surface area contributed by atoms with Crippen LogP contribution in [0.1, 0.15) is 34.3 Å². The van der Waals surface area contributed by atoms with Crippen molar-refractivity contribution < 1.29 is 9.26 Å². The summed E-state index contributed by atoms with van der Waals surface area (Å²) in [5.41, 5.74) is 6.21. The van der Waals surface area contributed by atoms with Crippen LogP contribution < -0.4 is 0 Å². The van der Waals surface area contributed by atoms with Gasteiger partial charge in [-0.2, -0.15) is 10.2 Å². The predicted molar refractivity (Wildman–Crippen MR) is 131 cm³/mol. The first-order valence-electron chi connectivity index (χ1n) is 11.2. The fourth-order valence-corrected chi connectivity index (χ4v) is 4.06. The lowest BCUT2D eigenvalue weighted by atomic mass is 9.93. The zero-order valence-electron chi connectivity index (χ0n) is 19.4. The number of nitriles is 1. The summed E-state index contributed by atoms with van der Waals surface area (Å²) < 4.78 is 13.7. The fourth-order valence-electron chi connectivity index (χ4n) is 4.06. The molecule has 0 fully saturated rings. The van der Waals surface area contributed by atoms with E-state index in [1.165, 1.54) is 0 Å². The zero-order valence-corrected chi connectivity index (χ0v) is 19.4. The van der Waals surface area contributed by atoms with Crippen LogP contribution in [-0.2, 0) is 18.4 Å². The Morgan fingerprint density at radius 2 is 1.83 bits per heavy atom. The molecule has 2 aromatic heterocycles. The van der Waals surface area contributed by atoms with Gasteiger partial charge in [0.15, 0.2) is 5.82 Å². The Kier molecular flexibility index (Phi) is 6.20. The van der Waals surface area contributed by atoms with E-state index in [2.05, 4.69) is 21.2 Å². The molecule has 1 atom stereocenters. The van der Waals surface area contributed by atoms with Gasteiger partial charge in [-0.05, 0) is 47.9 Å². The second kappa shape index (κ2) is 9.75. The van der Waals surface area contributed by atoms with E-state index >= 15 is 0 Å². The average molecular weight is 462 g/mol. The lowest BCUT2D eigenvalue weighted by molar-refractivity contribution is 0.0567. The Bertz CT molecular complexity index is 1500. The summed E-state index contributed by atoms with van der Waals surface area (Å²) in [7, 11) is 1.92. The Labute approximate surface area is 203 Å². The van der Waals surface area contributed by atoms with Crippen LogP contribution in [0.25, 0.3) is 22.6 Å². The minimum Gasteiger partial charge on any atom is -0.359 e. The number of hydrogen-bond donors (Lipinski definition) is 0. The molecule has 172 valence electrons. The van der Waals surface area contributed by atoms with Crippen molar-refractivity contribution in [2.45, 2.75) is 19.6 Å². The van der Waals surface area contributed by atoms with Crippen molar-refractivity contribution in [1.82, 2.24) is 19.7 Å². The zero-order chi connectivity index (χ0) is 24.2. The molecule has 2 heterocycles. The van der Waals surface area contributed by atoms with E-state index < -0.39 is 6.10 Å². The van der Waals surface area contributed by atoms with E-state index in [1.54, 1.807) is 12.5 Å². The van der Waals surface area contributed by atoms with Gasteiger partial charge >= 0.3 is 0 Å². The molecule has 1 unspecified atom stereocenters. The number of benzene rings is 3. The van der Waals surface area contributed by atoms with Gasteiger partial charge < -0.3 is 13.8 Å². The lowest BCUT2D eigenvalue weighted by Crippen LogP contribution is -2.11. The number of nitrogens with zero attached hydrogens (tertiary/aromatic N) is 5. The van der Waals surface area contributed by atoms with Crippen LogP contribution >= 0.6 is 0 Å². The molecular weight excluding hydrogens is 438 g/mol. The van der Waals surface area contributed by atoms with Gasteiger partial charge in [-0.15, -0.1) is 0 Å². The average Bonchev–Trinajstić information content (AvgIpc) is 3.54. The standard InChI is InChI=1S/C28H23N5O2/c1-19-8-6-7-11-23(19)24-14-21(12-13-22(24)15-29)27(25-16-30-18-33(25)2)34-17-26-31-28(35-32-26)20-9-4-3-5-10-20/h3-14,16,18,27H,17H2,1-2H3. The van der Waals surface area contributed by atoms with Gasteiger partial charge in [0.05, 0.1) is 29.9 Å². The molecule has 35 heavy (non-hydrogen) atoms. The Hall–Kier alpha value is -4.54. The summed E-state index contributed by atoms with van der Waals surface area (Å²) >= 11 is 0. The molecule has 7 nitrogen and oxygen atoms in total. The van der Waals surface area contributed by atoms with E-state index in [9.17, 15) is 5.26 Å². The maximum atomic E-state index is 9.75. The van der Waals surface area contributed by atoms with Crippen molar-refractivity contribution in [3.8, 4) is 28.7 Å². The molecule has 0 bridgehead atoms. The summed E-state index contributed by atoms with van der Waals surface area (Å²) in [6.07, 6.45) is 3.07. The molecule has 0 N–H and O–H groups in total. The molecule has 5 rings (SSSR count). The molecule has 7 heteroatoms. The molecule has 0 aliphatic rings. The minimum atomic E-state index is -0.448. The van der Waals surface area contributed by atoms with Crippen molar-refractivity contribution in [3.63, 3.8) is 0 Å². The molecule has 0 aliphatic carbocycles. The van der Waals surface area contributed by atoms with Crippen LogP contribution in [0.3, 0.4) is 0 Å². The Balaban J connectivity index is 1.49. The number of aromatic nitrogens is 4. The molecule has 0 radical (unpaired) electrons. The van der Waals surface area contributed by atoms with Gasteiger partial charge in [0.25, 0.3) is 5.89 Å². The van der Waals surface area contributed by atoms with Gasteiger partial charge in [0.1, 0.15) is 12.7 Å². The second-order valence-electron chi connectivity index (χ2n) is 8.23. The third-order valence-electron chi connectivity index (χ3n) is 5.89. The van der Waals surface area contributed by atoms with E-state index in [-0.39, 0.29) is 6.61 Å². The summed E-state index contributed by atoms with van der Waals surface area (Å²) in [6, 6.07) is 25.7. The third kappa shape index (κ3) is 4.60. The fraction of sp³-hybridized carbons (Fsp3) is 0.143.